The number of fused-ring (bicyclic) bond motifs is 1. The predicted molar refractivity (Wildman–Crippen MR) is 74.6 cm³/mol. The van der Waals surface area contributed by atoms with Gasteiger partial charge in [0.1, 0.15) is 5.82 Å². The number of anilines is 1. The Hall–Kier alpha value is -1.64. The second-order valence-electron chi connectivity index (χ2n) is 5.50. The molecule has 18 heavy (non-hydrogen) atoms. The number of nitrogens with one attached hydrogen (secondary N) is 1. The maximum Gasteiger partial charge on any atom is 0.124 e. The van der Waals surface area contributed by atoms with E-state index in [1.807, 2.05) is 13.0 Å². The average molecular weight is 246 g/mol. The van der Waals surface area contributed by atoms with E-state index in [4.69, 9.17) is 0 Å². The van der Waals surface area contributed by atoms with Crippen molar-refractivity contribution < 1.29 is 4.39 Å². The first kappa shape index (κ1) is 12.8. The van der Waals surface area contributed by atoms with Gasteiger partial charge in [0.15, 0.2) is 0 Å². The Balaban J connectivity index is 2.70. The molecule has 1 aromatic carbocycles. The molecule has 96 valence electrons. The van der Waals surface area contributed by atoms with Crippen molar-refractivity contribution in [3.8, 4) is 0 Å². The summed E-state index contributed by atoms with van der Waals surface area (Å²) in [5.74, 6) is -0.230. The van der Waals surface area contributed by atoms with Crippen molar-refractivity contribution in [2.45, 2.75) is 33.1 Å². The van der Waals surface area contributed by atoms with Gasteiger partial charge >= 0.3 is 0 Å². The number of hydrogen-bond acceptors (Lipinski definition) is 2. The highest BCUT2D eigenvalue weighted by Gasteiger charge is 2.17. The molecule has 1 heterocycles. The number of halogens is 1. The molecule has 2 aromatic rings. The number of benzene rings is 1. The maximum atomic E-state index is 13.3. The van der Waals surface area contributed by atoms with Crippen LogP contribution in [0.1, 0.15) is 33.4 Å². The topological polar surface area (TPSA) is 24.9 Å². The number of aromatic nitrogens is 1. The molecule has 0 atom stereocenters. The van der Waals surface area contributed by atoms with Gasteiger partial charge in [0, 0.05) is 28.7 Å². The smallest absolute Gasteiger partial charge is 0.124 e. The van der Waals surface area contributed by atoms with Gasteiger partial charge in [0.2, 0.25) is 0 Å². The van der Waals surface area contributed by atoms with Crippen molar-refractivity contribution in [2.24, 2.45) is 0 Å². The molecule has 0 amide bonds. The number of nitrogens with zero attached hydrogens (tertiary/aromatic N) is 1. The molecule has 0 aliphatic heterocycles. The summed E-state index contributed by atoms with van der Waals surface area (Å²) in [5.41, 5.74) is 2.77. The highest BCUT2D eigenvalue weighted by Crippen LogP contribution is 2.29. The highest BCUT2D eigenvalue weighted by atomic mass is 19.1. The van der Waals surface area contributed by atoms with Crippen LogP contribution < -0.4 is 5.32 Å². The molecule has 2 rings (SSSR count). The van der Waals surface area contributed by atoms with Crippen LogP contribution in [0.2, 0.25) is 0 Å². The molecule has 2 nitrogen and oxygen atoms in total. The minimum Gasteiger partial charge on any atom is -0.385 e. The Kier molecular flexibility index (Phi) is 3.24. The van der Waals surface area contributed by atoms with Gasteiger partial charge in [0.25, 0.3) is 0 Å². The van der Waals surface area contributed by atoms with E-state index in [-0.39, 0.29) is 11.2 Å². The summed E-state index contributed by atoms with van der Waals surface area (Å²) in [7, 11) is 0. The second-order valence-corrected chi connectivity index (χ2v) is 5.50. The van der Waals surface area contributed by atoms with Crippen LogP contribution in [0.15, 0.2) is 24.3 Å². The lowest BCUT2D eigenvalue weighted by molar-refractivity contribution is 0.571. The molecular weight excluding hydrogens is 227 g/mol. The Morgan fingerprint density at radius 3 is 2.56 bits per heavy atom. The van der Waals surface area contributed by atoms with Crippen LogP contribution in [0.3, 0.4) is 0 Å². The summed E-state index contributed by atoms with van der Waals surface area (Å²) in [5, 5.41) is 4.12. The normalized spacial score (nSPS) is 11.8. The maximum absolute atomic E-state index is 13.3. The molecule has 0 saturated carbocycles. The first-order valence-corrected chi connectivity index (χ1v) is 6.26. The van der Waals surface area contributed by atoms with Gasteiger partial charge in [-0.05, 0) is 31.2 Å². The Morgan fingerprint density at radius 2 is 1.94 bits per heavy atom. The molecule has 1 aromatic heterocycles. The van der Waals surface area contributed by atoms with Gasteiger partial charge < -0.3 is 5.32 Å². The van der Waals surface area contributed by atoms with Crippen LogP contribution in [-0.2, 0) is 5.41 Å². The predicted octanol–water partition coefficient (Wildman–Crippen LogP) is 4.10. The Morgan fingerprint density at radius 1 is 1.22 bits per heavy atom. The van der Waals surface area contributed by atoms with Gasteiger partial charge in [-0.25, -0.2) is 4.39 Å². The van der Waals surface area contributed by atoms with E-state index in [1.165, 1.54) is 12.1 Å². The van der Waals surface area contributed by atoms with Crippen LogP contribution in [0.4, 0.5) is 10.1 Å². The monoisotopic (exact) mass is 246 g/mol. The standard InChI is InChI=1S/C15H19FN2/c1-5-17-13-9-14(15(2,3)4)18-12-7-6-10(16)8-11(12)13/h6-9H,5H2,1-4H3,(H,17,18). The van der Waals surface area contributed by atoms with Crippen LogP contribution in [0, 0.1) is 5.82 Å². The van der Waals surface area contributed by atoms with E-state index in [2.05, 4.69) is 31.1 Å². The molecular formula is C15H19FN2. The van der Waals surface area contributed by atoms with E-state index >= 15 is 0 Å². The van der Waals surface area contributed by atoms with E-state index < -0.39 is 0 Å². The van der Waals surface area contributed by atoms with Gasteiger partial charge in [-0.15, -0.1) is 0 Å². The molecule has 0 fully saturated rings. The fourth-order valence-corrected chi connectivity index (χ4v) is 1.92. The summed E-state index contributed by atoms with van der Waals surface area (Å²) in [6, 6.07) is 6.75. The van der Waals surface area contributed by atoms with E-state index in [1.54, 1.807) is 6.07 Å². The number of hydrogen-bond donors (Lipinski definition) is 1. The van der Waals surface area contributed by atoms with E-state index in [0.29, 0.717) is 0 Å². The fraction of sp³-hybridized carbons (Fsp3) is 0.400. The van der Waals surface area contributed by atoms with Gasteiger partial charge in [-0.3, -0.25) is 4.98 Å². The summed E-state index contributed by atoms with van der Waals surface area (Å²) in [4.78, 5) is 4.62. The lowest BCUT2D eigenvalue weighted by atomic mass is 9.90. The summed E-state index contributed by atoms with van der Waals surface area (Å²) < 4.78 is 13.3. The fourth-order valence-electron chi connectivity index (χ4n) is 1.92. The summed E-state index contributed by atoms with van der Waals surface area (Å²) in [6.45, 7) is 9.21. The average Bonchev–Trinajstić information content (AvgIpc) is 2.28. The quantitative estimate of drug-likeness (QED) is 0.862. The minimum absolute atomic E-state index is 0.0211. The van der Waals surface area contributed by atoms with Crippen molar-refractivity contribution in [3.05, 3.63) is 35.8 Å². The van der Waals surface area contributed by atoms with Gasteiger partial charge in [-0.2, -0.15) is 0 Å². The zero-order valence-electron chi connectivity index (χ0n) is 11.3. The molecule has 0 bridgehead atoms. The van der Waals surface area contributed by atoms with Crippen LogP contribution >= 0.6 is 0 Å². The van der Waals surface area contributed by atoms with E-state index in [9.17, 15) is 4.39 Å². The molecule has 0 radical (unpaired) electrons. The lowest BCUT2D eigenvalue weighted by Crippen LogP contribution is -2.14. The van der Waals surface area contributed by atoms with Crippen LogP contribution in [0.5, 0.6) is 0 Å². The largest absolute Gasteiger partial charge is 0.385 e. The zero-order valence-corrected chi connectivity index (χ0v) is 11.3. The molecule has 0 spiro atoms. The van der Waals surface area contributed by atoms with Crippen molar-refractivity contribution in [2.75, 3.05) is 11.9 Å². The molecule has 0 aliphatic rings. The SMILES string of the molecule is CCNc1cc(C(C)(C)C)nc2ccc(F)cc12. The first-order valence-electron chi connectivity index (χ1n) is 6.26. The first-order chi connectivity index (χ1) is 8.41. The van der Waals surface area contributed by atoms with Crippen molar-refractivity contribution >= 4 is 16.6 Å². The summed E-state index contributed by atoms with van der Waals surface area (Å²) in [6.07, 6.45) is 0. The highest BCUT2D eigenvalue weighted by molar-refractivity contribution is 5.91. The molecule has 3 heteroatoms. The van der Waals surface area contributed by atoms with Crippen LogP contribution in [-0.4, -0.2) is 11.5 Å². The lowest BCUT2D eigenvalue weighted by Gasteiger charge is -2.20. The van der Waals surface area contributed by atoms with Crippen molar-refractivity contribution in [3.63, 3.8) is 0 Å². The Bertz CT molecular complexity index is 570. The van der Waals surface area contributed by atoms with Gasteiger partial charge in [-0.1, -0.05) is 20.8 Å². The van der Waals surface area contributed by atoms with Crippen molar-refractivity contribution in [1.82, 2.24) is 4.98 Å². The molecule has 0 aliphatic carbocycles. The van der Waals surface area contributed by atoms with Crippen LogP contribution in [0.25, 0.3) is 10.9 Å². The zero-order chi connectivity index (χ0) is 13.3. The number of pyridine rings is 1. The third-order valence-corrected chi connectivity index (χ3v) is 2.91. The third-order valence-electron chi connectivity index (χ3n) is 2.91. The minimum atomic E-state index is -0.230. The molecule has 1 N–H and O–H groups in total. The van der Waals surface area contributed by atoms with Crippen molar-refractivity contribution in [1.29, 1.82) is 0 Å². The molecule has 0 saturated heterocycles. The number of rotatable bonds is 2. The summed E-state index contributed by atoms with van der Waals surface area (Å²) >= 11 is 0. The van der Waals surface area contributed by atoms with E-state index in [0.717, 1.165) is 28.8 Å². The molecule has 0 unspecified atom stereocenters. The second kappa shape index (κ2) is 4.56. The third kappa shape index (κ3) is 2.45. The Labute approximate surface area is 107 Å². The van der Waals surface area contributed by atoms with Gasteiger partial charge in [0.05, 0.1) is 5.52 Å².